The van der Waals surface area contributed by atoms with E-state index in [-0.39, 0.29) is 30.6 Å². The smallest absolute Gasteiger partial charge is 0.223 e. The van der Waals surface area contributed by atoms with Crippen molar-refractivity contribution in [3.63, 3.8) is 0 Å². The molecule has 0 aromatic heterocycles. The van der Waals surface area contributed by atoms with Crippen molar-refractivity contribution in [2.75, 3.05) is 34.0 Å². The molecule has 1 unspecified atom stereocenters. The van der Waals surface area contributed by atoms with Crippen molar-refractivity contribution in [3.8, 4) is 23.0 Å². The van der Waals surface area contributed by atoms with Crippen LogP contribution in [-0.2, 0) is 4.79 Å². The van der Waals surface area contributed by atoms with Crippen LogP contribution in [0, 0.1) is 0 Å². The summed E-state index contributed by atoms with van der Waals surface area (Å²) in [6.07, 6.45) is 2.88. The monoisotopic (exact) mass is 439 g/mol. The second-order valence-electron chi connectivity index (χ2n) is 7.99. The molecule has 2 aromatic carbocycles. The molecule has 0 bridgehead atoms. The molecule has 2 aromatic rings. The highest BCUT2D eigenvalue weighted by Crippen LogP contribution is 2.39. The standard InChI is InChI=1S/C25H29NO6/c1-29-18-7-10-22(30-2)19(16-18)20-5-3-12-26(20)25(28)11-8-21(27)17-6-9-23-24(15-17)32-14-4-13-31-23/h6-7,9-10,15-16,20H,3-5,8,11-14H2,1-2H3. The van der Waals surface area contributed by atoms with E-state index in [1.807, 2.05) is 23.1 Å². The van der Waals surface area contributed by atoms with Crippen molar-refractivity contribution >= 4 is 11.7 Å². The molecule has 0 spiro atoms. The van der Waals surface area contributed by atoms with Gasteiger partial charge >= 0.3 is 0 Å². The first-order valence-electron chi connectivity index (χ1n) is 11.0. The summed E-state index contributed by atoms with van der Waals surface area (Å²) >= 11 is 0. The number of likely N-dealkylation sites (tertiary alicyclic amines) is 1. The molecule has 7 nitrogen and oxygen atoms in total. The number of methoxy groups -OCH3 is 2. The Kier molecular flexibility index (Phi) is 6.83. The lowest BCUT2D eigenvalue weighted by Crippen LogP contribution is -2.31. The number of carbonyl (C=O) groups excluding carboxylic acids is 2. The van der Waals surface area contributed by atoms with Gasteiger partial charge in [0.15, 0.2) is 17.3 Å². The van der Waals surface area contributed by atoms with Gasteiger partial charge < -0.3 is 23.8 Å². The Morgan fingerprint density at radius 3 is 2.56 bits per heavy atom. The van der Waals surface area contributed by atoms with Gasteiger partial charge in [0.2, 0.25) is 5.91 Å². The zero-order valence-electron chi connectivity index (χ0n) is 18.6. The van der Waals surface area contributed by atoms with Gasteiger partial charge in [-0.25, -0.2) is 0 Å². The predicted octanol–water partition coefficient (Wildman–Crippen LogP) is 4.19. The van der Waals surface area contributed by atoms with E-state index in [2.05, 4.69) is 0 Å². The quantitative estimate of drug-likeness (QED) is 0.602. The highest BCUT2D eigenvalue weighted by molar-refractivity contribution is 5.98. The molecule has 1 saturated heterocycles. The Hall–Kier alpha value is -3.22. The highest BCUT2D eigenvalue weighted by atomic mass is 16.5. The van der Waals surface area contributed by atoms with Crippen molar-refractivity contribution in [1.82, 2.24) is 4.90 Å². The van der Waals surface area contributed by atoms with E-state index in [0.717, 1.165) is 36.3 Å². The molecule has 0 radical (unpaired) electrons. The van der Waals surface area contributed by atoms with E-state index in [1.54, 1.807) is 32.4 Å². The first-order valence-corrected chi connectivity index (χ1v) is 11.0. The number of carbonyl (C=O) groups is 2. The van der Waals surface area contributed by atoms with Gasteiger partial charge in [0.1, 0.15) is 11.5 Å². The van der Waals surface area contributed by atoms with Gasteiger partial charge in [-0.1, -0.05) is 0 Å². The van der Waals surface area contributed by atoms with Gasteiger partial charge in [-0.3, -0.25) is 9.59 Å². The van der Waals surface area contributed by atoms with Crippen LogP contribution in [0.25, 0.3) is 0 Å². The summed E-state index contributed by atoms with van der Waals surface area (Å²) in [5, 5.41) is 0. The number of nitrogens with zero attached hydrogens (tertiary/aromatic N) is 1. The third-order valence-electron chi connectivity index (χ3n) is 6.00. The fourth-order valence-electron chi connectivity index (χ4n) is 4.33. The molecule has 0 N–H and O–H groups in total. The van der Waals surface area contributed by atoms with Crippen molar-refractivity contribution < 1.29 is 28.5 Å². The first kappa shape index (κ1) is 22.0. The van der Waals surface area contributed by atoms with E-state index < -0.39 is 0 Å². The molecule has 32 heavy (non-hydrogen) atoms. The second kappa shape index (κ2) is 9.94. The van der Waals surface area contributed by atoms with E-state index in [9.17, 15) is 9.59 Å². The summed E-state index contributed by atoms with van der Waals surface area (Å²) in [7, 11) is 3.24. The molecular weight excluding hydrogens is 410 g/mol. The first-order chi connectivity index (χ1) is 15.6. The fraction of sp³-hybridized carbons (Fsp3) is 0.440. The number of amides is 1. The van der Waals surface area contributed by atoms with Gasteiger partial charge in [0.05, 0.1) is 33.5 Å². The zero-order chi connectivity index (χ0) is 22.5. The summed E-state index contributed by atoms with van der Waals surface area (Å²) in [5.41, 5.74) is 1.47. The van der Waals surface area contributed by atoms with Gasteiger partial charge in [-0.15, -0.1) is 0 Å². The molecule has 2 aliphatic heterocycles. The molecule has 1 amide bonds. The summed E-state index contributed by atoms with van der Waals surface area (Å²) in [5.74, 6) is 2.60. The lowest BCUT2D eigenvalue weighted by Gasteiger charge is -2.26. The predicted molar refractivity (Wildman–Crippen MR) is 119 cm³/mol. The van der Waals surface area contributed by atoms with Crippen LogP contribution in [0.4, 0.5) is 0 Å². The zero-order valence-corrected chi connectivity index (χ0v) is 18.6. The molecule has 1 atom stereocenters. The average Bonchev–Trinajstić information content (AvgIpc) is 3.20. The summed E-state index contributed by atoms with van der Waals surface area (Å²) in [6.45, 7) is 1.83. The van der Waals surface area contributed by atoms with Gasteiger partial charge in [0.25, 0.3) is 0 Å². The number of hydrogen-bond donors (Lipinski definition) is 0. The van der Waals surface area contributed by atoms with Crippen molar-refractivity contribution in [2.45, 2.75) is 38.1 Å². The Morgan fingerprint density at radius 2 is 1.78 bits per heavy atom. The molecule has 0 saturated carbocycles. The Balaban J connectivity index is 1.43. The summed E-state index contributed by atoms with van der Waals surface area (Å²) in [6, 6.07) is 10.8. The number of rotatable bonds is 7. The van der Waals surface area contributed by atoms with Crippen molar-refractivity contribution in [2.24, 2.45) is 0 Å². The van der Waals surface area contributed by atoms with Crippen LogP contribution in [0.15, 0.2) is 36.4 Å². The summed E-state index contributed by atoms with van der Waals surface area (Å²) in [4.78, 5) is 27.7. The van der Waals surface area contributed by atoms with E-state index >= 15 is 0 Å². The lowest BCUT2D eigenvalue weighted by atomic mass is 10.0. The molecule has 2 aliphatic rings. The van der Waals surface area contributed by atoms with Gasteiger partial charge in [-0.05, 0) is 49.2 Å². The number of ether oxygens (including phenoxy) is 4. The molecule has 170 valence electrons. The van der Waals surface area contributed by atoms with Gasteiger partial charge in [-0.2, -0.15) is 0 Å². The Bertz CT molecular complexity index is 988. The molecule has 1 fully saturated rings. The van der Waals surface area contributed by atoms with E-state index in [0.29, 0.717) is 36.8 Å². The second-order valence-corrected chi connectivity index (χ2v) is 7.99. The van der Waals surface area contributed by atoms with Crippen molar-refractivity contribution in [1.29, 1.82) is 0 Å². The molecule has 7 heteroatoms. The van der Waals surface area contributed by atoms with Crippen LogP contribution >= 0.6 is 0 Å². The Labute approximate surface area is 188 Å². The van der Waals surface area contributed by atoms with Crippen LogP contribution in [0.2, 0.25) is 0 Å². The van der Waals surface area contributed by atoms with Crippen molar-refractivity contribution in [3.05, 3.63) is 47.5 Å². The van der Waals surface area contributed by atoms with Crippen LogP contribution in [0.5, 0.6) is 23.0 Å². The minimum Gasteiger partial charge on any atom is -0.497 e. The number of ketones is 1. The highest BCUT2D eigenvalue weighted by Gasteiger charge is 2.32. The molecular formula is C25H29NO6. The van der Waals surface area contributed by atoms with Crippen LogP contribution in [0.3, 0.4) is 0 Å². The number of benzene rings is 2. The van der Waals surface area contributed by atoms with Crippen LogP contribution in [0.1, 0.15) is 54.1 Å². The SMILES string of the molecule is COc1ccc(OC)c(C2CCCN2C(=O)CCC(=O)c2ccc3c(c2)OCCCO3)c1. The van der Waals surface area contributed by atoms with Crippen LogP contribution in [-0.4, -0.2) is 50.6 Å². The third-order valence-corrected chi connectivity index (χ3v) is 6.00. The third kappa shape index (κ3) is 4.66. The minimum absolute atomic E-state index is 0.0277. The number of hydrogen-bond acceptors (Lipinski definition) is 6. The minimum atomic E-state index is -0.0827. The Morgan fingerprint density at radius 1 is 0.969 bits per heavy atom. The van der Waals surface area contributed by atoms with Crippen LogP contribution < -0.4 is 18.9 Å². The molecule has 0 aliphatic carbocycles. The number of fused-ring (bicyclic) bond motifs is 1. The molecule has 2 heterocycles. The maximum Gasteiger partial charge on any atom is 0.223 e. The van der Waals surface area contributed by atoms with E-state index in [4.69, 9.17) is 18.9 Å². The largest absolute Gasteiger partial charge is 0.497 e. The number of Topliss-reactive ketones (excluding diaryl/α,β-unsaturated/α-hetero) is 1. The maximum atomic E-state index is 13.1. The lowest BCUT2D eigenvalue weighted by molar-refractivity contribution is -0.132. The van der Waals surface area contributed by atoms with Gasteiger partial charge in [0, 0.05) is 36.9 Å². The van der Waals surface area contributed by atoms with E-state index in [1.165, 1.54) is 0 Å². The summed E-state index contributed by atoms with van der Waals surface area (Å²) < 4.78 is 22.2. The topological polar surface area (TPSA) is 74.3 Å². The maximum absolute atomic E-state index is 13.1. The normalized spacial score (nSPS) is 17.6. The molecule has 4 rings (SSSR count). The fourth-order valence-corrected chi connectivity index (χ4v) is 4.33. The average molecular weight is 440 g/mol.